The maximum absolute atomic E-state index is 13.1. The van der Waals surface area contributed by atoms with Crippen molar-refractivity contribution in [3.63, 3.8) is 0 Å². The van der Waals surface area contributed by atoms with E-state index in [1.54, 1.807) is 6.08 Å². The third-order valence-electron chi connectivity index (χ3n) is 1.92. The highest BCUT2D eigenvalue weighted by molar-refractivity contribution is 9.11. The van der Waals surface area contributed by atoms with Crippen LogP contribution in [0.2, 0.25) is 0 Å². The smallest absolute Gasteiger partial charge is 0.123 e. The maximum atomic E-state index is 13.1. The molecule has 0 aromatic carbocycles. The van der Waals surface area contributed by atoms with Gasteiger partial charge in [-0.2, -0.15) is 0 Å². The molecule has 1 rings (SSSR count). The van der Waals surface area contributed by atoms with Crippen molar-refractivity contribution >= 4 is 15.9 Å². The van der Waals surface area contributed by atoms with Crippen LogP contribution in [0.5, 0.6) is 0 Å². The number of hydrogen-bond donors (Lipinski definition) is 0. The summed E-state index contributed by atoms with van der Waals surface area (Å²) in [5, 5.41) is 0. The van der Waals surface area contributed by atoms with Crippen LogP contribution in [0.15, 0.2) is 22.0 Å². The lowest BCUT2D eigenvalue weighted by Gasteiger charge is -2.15. The van der Waals surface area contributed by atoms with Crippen LogP contribution in [-0.2, 0) is 0 Å². The van der Waals surface area contributed by atoms with Crippen molar-refractivity contribution in [2.24, 2.45) is 5.92 Å². The average molecular weight is 219 g/mol. The van der Waals surface area contributed by atoms with E-state index in [4.69, 9.17) is 0 Å². The molecule has 0 atom stereocenters. The summed E-state index contributed by atoms with van der Waals surface area (Å²) in [4.78, 5) is 0. The molecule has 0 spiro atoms. The maximum Gasteiger partial charge on any atom is 0.123 e. The fraction of sp³-hybridized carbons (Fsp3) is 0.556. The van der Waals surface area contributed by atoms with Crippen molar-refractivity contribution in [2.75, 3.05) is 0 Å². The van der Waals surface area contributed by atoms with Crippen LogP contribution < -0.4 is 0 Å². The zero-order valence-corrected chi connectivity index (χ0v) is 8.41. The Morgan fingerprint density at radius 3 is 2.55 bits per heavy atom. The Bertz CT molecular complexity index is 214. The largest absolute Gasteiger partial charge is 0.207 e. The van der Waals surface area contributed by atoms with Crippen LogP contribution in [0.4, 0.5) is 4.39 Å². The molecule has 0 aliphatic heterocycles. The molecule has 0 unspecified atom stereocenters. The molecule has 11 heavy (non-hydrogen) atoms. The molecular weight excluding hydrogens is 207 g/mol. The van der Waals surface area contributed by atoms with Gasteiger partial charge in [0.1, 0.15) is 5.83 Å². The Morgan fingerprint density at radius 2 is 2.09 bits per heavy atom. The standard InChI is InChI=1S/C9H12BrF/c1-6(2)8-4-3-7(10)5-9(8)11/h5-6H,3-4H2,1-2H3. The summed E-state index contributed by atoms with van der Waals surface area (Å²) in [7, 11) is 0. The lowest BCUT2D eigenvalue weighted by atomic mass is 9.94. The highest BCUT2D eigenvalue weighted by atomic mass is 79.9. The van der Waals surface area contributed by atoms with Gasteiger partial charge in [0, 0.05) is 0 Å². The summed E-state index contributed by atoms with van der Waals surface area (Å²) in [5.41, 5.74) is 0.952. The zero-order valence-electron chi connectivity index (χ0n) is 6.82. The first-order chi connectivity index (χ1) is 5.11. The molecule has 0 N–H and O–H groups in total. The van der Waals surface area contributed by atoms with Crippen molar-refractivity contribution in [1.29, 1.82) is 0 Å². The van der Waals surface area contributed by atoms with E-state index < -0.39 is 0 Å². The van der Waals surface area contributed by atoms with Gasteiger partial charge in [0.2, 0.25) is 0 Å². The zero-order chi connectivity index (χ0) is 8.43. The first kappa shape index (κ1) is 8.98. The molecule has 0 aromatic rings. The quantitative estimate of drug-likeness (QED) is 0.626. The molecule has 0 saturated heterocycles. The van der Waals surface area contributed by atoms with Crippen LogP contribution in [0.25, 0.3) is 0 Å². The van der Waals surface area contributed by atoms with Gasteiger partial charge < -0.3 is 0 Å². The van der Waals surface area contributed by atoms with Crippen molar-refractivity contribution in [3.05, 3.63) is 22.0 Å². The van der Waals surface area contributed by atoms with E-state index in [1.165, 1.54) is 0 Å². The van der Waals surface area contributed by atoms with Gasteiger partial charge in [0.25, 0.3) is 0 Å². The van der Waals surface area contributed by atoms with Crippen LogP contribution in [0, 0.1) is 5.92 Å². The molecule has 0 saturated carbocycles. The normalized spacial score (nSPS) is 19.2. The van der Waals surface area contributed by atoms with Gasteiger partial charge in [-0.1, -0.05) is 29.8 Å². The first-order valence-corrected chi connectivity index (χ1v) is 4.65. The second-order valence-electron chi connectivity index (χ2n) is 3.12. The summed E-state index contributed by atoms with van der Waals surface area (Å²) in [6.45, 7) is 4.06. The minimum absolute atomic E-state index is 0.0434. The molecule has 1 aliphatic carbocycles. The number of allylic oxidation sites excluding steroid dienone is 4. The average Bonchev–Trinajstić information content (AvgIpc) is 1.85. The summed E-state index contributed by atoms with van der Waals surface area (Å²) >= 11 is 3.29. The van der Waals surface area contributed by atoms with Gasteiger partial charge >= 0.3 is 0 Å². The van der Waals surface area contributed by atoms with Crippen molar-refractivity contribution in [2.45, 2.75) is 26.7 Å². The fourth-order valence-electron chi connectivity index (χ4n) is 1.24. The van der Waals surface area contributed by atoms with Gasteiger partial charge in [-0.05, 0) is 34.9 Å². The minimum Gasteiger partial charge on any atom is -0.207 e. The molecular formula is C9H12BrF. The van der Waals surface area contributed by atoms with E-state index in [-0.39, 0.29) is 5.83 Å². The van der Waals surface area contributed by atoms with Crippen molar-refractivity contribution in [3.8, 4) is 0 Å². The molecule has 0 nitrogen and oxygen atoms in total. The van der Waals surface area contributed by atoms with E-state index in [0.29, 0.717) is 5.92 Å². The Balaban J connectivity index is 2.86. The lowest BCUT2D eigenvalue weighted by molar-refractivity contribution is 0.587. The third-order valence-corrected chi connectivity index (χ3v) is 2.55. The fourth-order valence-corrected chi connectivity index (χ4v) is 1.64. The Labute approximate surface area is 75.3 Å². The van der Waals surface area contributed by atoms with E-state index in [9.17, 15) is 4.39 Å². The Hall–Kier alpha value is -0.110. The molecule has 0 fully saturated rings. The van der Waals surface area contributed by atoms with Gasteiger partial charge in [-0.25, -0.2) is 4.39 Å². The van der Waals surface area contributed by atoms with E-state index in [0.717, 1.165) is 22.9 Å². The number of halogens is 2. The van der Waals surface area contributed by atoms with Gasteiger partial charge in [0.05, 0.1) is 0 Å². The number of hydrogen-bond acceptors (Lipinski definition) is 0. The summed E-state index contributed by atoms with van der Waals surface area (Å²) in [5.74, 6) is 0.296. The second-order valence-corrected chi connectivity index (χ2v) is 4.14. The van der Waals surface area contributed by atoms with E-state index in [1.807, 2.05) is 13.8 Å². The SMILES string of the molecule is CC(C)C1=C(F)C=C(Br)CC1. The van der Waals surface area contributed by atoms with Crippen LogP contribution >= 0.6 is 15.9 Å². The first-order valence-electron chi connectivity index (χ1n) is 3.86. The Kier molecular flexibility index (Phi) is 2.88. The lowest BCUT2D eigenvalue weighted by Crippen LogP contribution is -2.00. The van der Waals surface area contributed by atoms with Crippen LogP contribution in [0.3, 0.4) is 0 Å². The second kappa shape index (κ2) is 3.53. The molecule has 0 aromatic heterocycles. The van der Waals surface area contributed by atoms with Crippen LogP contribution in [0.1, 0.15) is 26.7 Å². The summed E-state index contributed by atoms with van der Waals surface area (Å²) in [6, 6.07) is 0. The third kappa shape index (κ3) is 2.16. The molecule has 0 bridgehead atoms. The summed E-state index contributed by atoms with van der Waals surface area (Å²) < 4.78 is 14.1. The topological polar surface area (TPSA) is 0 Å². The summed E-state index contributed by atoms with van der Waals surface area (Å²) in [6.07, 6.45) is 3.39. The Morgan fingerprint density at radius 1 is 1.45 bits per heavy atom. The van der Waals surface area contributed by atoms with Gasteiger partial charge in [-0.3, -0.25) is 0 Å². The van der Waals surface area contributed by atoms with Crippen molar-refractivity contribution in [1.82, 2.24) is 0 Å². The molecule has 0 radical (unpaired) electrons. The molecule has 1 aliphatic rings. The van der Waals surface area contributed by atoms with Crippen molar-refractivity contribution < 1.29 is 4.39 Å². The monoisotopic (exact) mass is 218 g/mol. The predicted octanol–water partition coefficient (Wildman–Crippen LogP) is 3.94. The molecule has 0 amide bonds. The highest BCUT2D eigenvalue weighted by Crippen LogP contribution is 2.31. The minimum atomic E-state index is -0.0434. The van der Waals surface area contributed by atoms with E-state index in [2.05, 4.69) is 15.9 Å². The van der Waals surface area contributed by atoms with Gasteiger partial charge in [-0.15, -0.1) is 0 Å². The number of rotatable bonds is 1. The predicted molar refractivity (Wildman–Crippen MR) is 49.2 cm³/mol. The molecule has 2 heteroatoms. The van der Waals surface area contributed by atoms with Crippen LogP contribution in [-0.4, -0.2) is 0 Å². The van der Waals surface area contributed by atoms with Gasteiger partial charge in [0.15, 0.2) is 0 Å². The molecule has 0 heterocycles. The molecule has 62 valence electrons. The van der Waals surface area contributed by atoms with E-state index >= 15 is 0 Å². The highest BCUT2D eigenvalue weighted by Gasteiger charge is 2.14.